The molecule has 0 atom stereocenters. The normalized spacial score (nSPS) is 11.0. The summed E-state index contributed by atoms with van der Waals surface area (Å²) >= 11 is 2.73. The minimum atomic E-state index is -0.197. The molecule has 1 amide bonds. The number of methoxy groups -OCH3 is 1. The first-order chi connectivity index (χ1) is 15.1. The van der Waals surface area contributed by atoms with Gasteiger partial charge in [0.1, 0.15) is 16.3 Å². The molecule has 0 unspecified atom stereocenters. The molecule has 160 valence electrons. The smallest absolute Gasteiger partial charge is 0.263 e. The van der Waals surface area contributed by atoms with Gasteiger partial charge in [0.2, 0.25) is 5.91 Å². The number of aryl methyl sites for hydroxylation is 1. The highest BCUT2D eigenvalue weighted by molar-refractivity contribution is 7.99. The largest absolute Gasteiger partial charge is 0.497 e. The van der Waals surface area contributed by atoms with Crippen LogP contribution in [-0.2, 0) is 17.8 Å². The van der Waals surface area contributed by atoms with Gasteiger partial charge in [0.25, 0.3) is 5.56 Å². The number of nitrogens with one attached hydrogen (secondary N) is 1. The van der Waals surface area contributed by atoms with E-state index in [1.807, 2.05) is 25.1 Å². The first kappa shape index (κ1) is 21.2. The number of furan rings is 1. The fraction of sp³-hybridized carbons (Fsp3) is 0.227. The molecule has 3 heterocycles. The van der Waals surface area contributed by atoms with Crippen LogP contribution < -0.4 is 15.6 Å². The van der Waals surface area contributed by atoms with E-state index in [0.29, 0.717) is 32.6 Å². The molecule has 0 aliphatic heterocycles. The molecule has 0 fully saturated rings. The molecular weight excluding hydrogens is 434 g/mol. The van der Waals surface area contributed by atoms with Gasteiger partial charge in [-0.15, -0.1) is 11.3 Å². The molecule has 31 heavy (non-hydrogen) atoms. The summed E-state index contributed by atoms with van der Waals surface area (Å²) in [4.78, 5) is 32.2. The maximum absolute atomic E-state index is 13.2. The molecule has 0 saturated carbocycles. The Morgan fingerprint density at radius 2 is 2.16 bits per heavy atom. The van der Waals surface area contributed by atoms with Gasteiger partial charge in [0, 0.05) is 16.6 Å². The number of aromatic nitrogens is 2. The summed E-state index contributed by atoms with van der Waals surface area (Å²) in [5, 5.41) is 3.93. The number of carbonyl (C=O) groups is 1. The van der Waals surface area contributed by atoms with E-state index in [2.05, 4.69) is 5.32 Å². The average molecular weight is 456 g/mol. The Kier molecular flexibility index (Phi) is 6.43. The fourth-order valence-electron chi connectivity index (χ4n) is 3.06. The van der Waals surface area contributed by atoms with Crippen LogP contribution in [-0.4, -0.2) is 28.3 Å². The minimum absolute atomic E-state index is 0.110. The zero-order valence-corrected chi connectivity index (χ0v) is 18.7. The van der Waals surface area contributed by atoms with E-state index in [0.717, 1.165) is 11.3 Å². The number of hydrogen-bond donors (Lipinski definition) is 1. The molecule has 0 aliphatic carbocycles. The summed E-state index contributed by atoms with van der Waals surface area (Å²) in [7, 11) is 1.57. The summed E-state index contributed by atoms with van der Waals surface area (Å²) in [6, 6.07) is 12.6. The van der Waals surface area contributed by atoms with Crippen LogP contribution in [0.1, 0.15) is 17.6 Å². The lowest BCUT2D eigenvalue weighted by Gasteiger charge is -2.11. The van der Waals surface area contributed by atoms with Crippen LogP contribution in [0.25, 0.3) is 10.2 Å². The van der Waals surface area contributed by atoms with Crippen LogP contribution in [0, 0.1) is 0 Å². The molecule has 3 aromatic heterocycles. The first-order valence-corrected chi connectivity index (χ1v) is 11.5. The highest BCUT2D eigenvalue weighted by Gasteiger charge is 2.17. The number of rotatable bonds is 8. The van der Waals surface area contributed by atoms with E-state index in [4.69, 9.17) is 14.1 Å². The molecule has 1 N–H and O–H groups in total. The third kappa shape index (κ3) is 4.83. The number of carbonyl (C=O) groups excluding carboxylic acids is 1. The second kappa shape index (κ2) is 9.40. The Bertz CT molecular complexity index is 1260. The number of ether oxygens (including phenoxy) is 1. The molecule has 0 radical (unpaired) electrons. The number of hydrogen-bond acceptors (Lipinski definition) is 7. The lowest BCUT2D eigenvalue weighted by Crippen LogP contribution is -2.24. The summed E-state index contributed by atoms with van der Waals surface area (Å²) in [5.41, 5.74) is 0.514. The van der Waals surface area contributed by atoms with Crippen molar-refractivity contribution in [3.05, 3.63) is 69.7 Å². The van der Waals surface area contributed by atoms with Crippen LogP contribution in [0.15, 0.2) is 63.1 Å². The zero-order chi connectivity index (χ0) is 21.8. The lowest BCUT2D eigenvalue weighted by atomic mass is 10.3. The second-order valence-corrected chi connectivity index (χ2v) is 8.78. The van der Waals surface area contributed by atoms with Crippen LogP contribution in [0.3, 0.4) is 0 Å². The van der Waals surface area contributed by atoms with Crippen molar-refractivity contribution in [2.24, 2.45) is 0 Å². The van der Waals surface area contributed by atoms with Gasteiger partial charge in [-0.05, 0) is 36.8 Å². The van der Waals surface area contributed by atoms with E-state index in [1.165, 1.54) is 23.1 Å². The number of amides is 1. The monoisotopic (exact) mass is 455 g/mol. The summed E-state index contributed by atoms with van der Waals surface area (Å²) in [6.07, 6.45) is 2.41. The standard InChI is InChI=1S/C22H21N3O4S2/c1-3-17-11-18-20(31-17)24-22(25(21(18)27)12-16-8-5-9-29-16)30-13-19(26)23-14-6-4-7-15(10-14)28-2/h4-11H,3,12-13H2,1-2H3,(H,23,26). The number of thioether (sulfide) groups is 1. The van der Waals surface area contributed by atoms with E-state index < -0.39 is 0 Å². The molecule has 9 heteroatoms. The van der Waals surface area contributed by atoms with Crippen molar-refractivity contribution in [3.63, 3.8) is 0 Å². The summed E-state index contributed by atoms with van der Waals surface area (Å²) in [5.74, 6) is 1.23. The van der Waals surface area contributed by atoms with Crippen molar-refractivity contribution in [1.82, 2.24) is 9.55 Å². The summed E-state index contributed by atoms with van der Waals surface area (Å²) < 4.78 is 12.2. The number of benzene rings is 1. The Morgan fingerprint density at radius 1 is 1.29 bits per heavy atom. The van der Waals surface area contributed by atoms with Gasteiger partial charge in [-0.3, -0.25) is 14.2 Å². The molecule has 4 aromatic rings. The molecule has 4 rings (SSSR count). The predicted molar refractivity (Wildman–Crippen MR) is 123 cm³/mol. The predicted octanol–water partition coefficient (Wildman–Crippen LogP) is 4.40. The van der Waals surface area contributed by atoms with Crippen molar-refractivity contribution >= 4 is 44.9 Å². The number of anilines is 1. The minimum Gasteiger partial charge on any atom is -0.497 e. The van der Waals surface area contributed by atoms with Gasteiger partial charge in [-0.25, -0.2) is 4.98 Å². The quantitative estimate of drug-likeness (QED) is 0.313. The van der Waals surface area contributed by atoms with Crippen molar-refractivity contribution in [2.75, 3.05) is 18.2 Å². The average Bonchev–Trinajstić information content (AvgIpc) is 3.44. The molecule has 0 saturated heterocycles. The Balaban J connectivity index is 1.59. The van der Waals surface area contributed by atoms with Crippen molar-refractivity contribution in [1.29, 1.82) is 0 Å². The molecule has 7 nitrogen and oxygen atoms in total. The number of nitrogens with zero attached hydrogens (tertiary/aromatic N) is 2. The Morgan fingerprint density at radius 3 is 2.90 bits per heavy atom. The highest BCUT2D eigenvalue weighted by Crippen LogP contribution is 2.26. The zero-order valence-electron chi connectivity index (χ0n) is 17.1. The lowest BCUT2D eigenvalue weighted by molar-refractivity contribution is -0.113. The van der Waals surface area contributed by atoms with Gasteiger partial charge in [0.15, 0.2) is 5.16 Å². The molecule has 1 aromatic carbocycles. The Labute approximate surface area is 187 Å². The maximum Gasteiger partial charge on any atom is 0.263 e. The van der Waals surface area contributed by atoms with Crippen molar-refractivity contribution in [3.8, 4) is 5.75 Å². The van der Waals surface area contributed by atoms with Gasteiger partial charge < -0.3 is 14.5 Å². The number of thiophene rings is 1. The van der Waals surface area contributed by atoms with Crippen molar-refractivity contribution in [2.45, 2.75) is 25.0 Å². The van der Waals surface area contributed by atoms with Crippen LogP contribution >= 0.6 is 23.1 Å². The fourth-order valence-corrected chi connectivity index (χ4v) is 4.86. The van der Waals surface area contributed by atoms with E-state index >= 15 is 0 Å². The first-order valence-electron chi connectivity index (χ1n) is 9.69. The molecular formula is C22H21N3O4S2. The Hall–Kier alpha value is -3.04. The summed E-state index contributed by atoms with van der Waals surface area (Å²) in [6.45, 7) is 2.30. The SMILES string of the molecule is CCc1cc2c(=O)n(Cc3ccco3)c(SCC(=O)Nc3cccc(OC)c3)nc2s1. The van der Waals surface area contributed by atoms with E-state index in [-0.39, 0.29) is 23.8 Å². The van der Waals surface area contributed by atoms with E-state index in [9.17, 15) is 9.59 Å². The van der Waals surface area contributed by atoms with Gasteiger partial charge in [-0.1, -0.05) is 24.8 Å². The second-order valence-electron chi connectivity index (χ2n) is 6.72. The highest BCUT2D eigenvalue weighted by atomic mass is 32.2. The third-order valence-electron chi connectivity index (χ3n) is 4.60. The van der Waals surface area contributed by atoms with E-state index in [1.54, 1.807) is 42.2 Å². The van der Waals surface area contributed by atoms with Gasteiger partial charge in [-0.2, -0.15) is 0 Å². The molecule has 0 spiro atoms. The van der Waals surface area contributed by atoms with Crippen LogP contribution in [0.4, 0.5) is 5.69 Å². The number of fused-ring (bicyclic) bond motifs is 1. The topological polar surface area (TPSA) is 86.4 Å². The van der Waals surface area contributed by atoms with Crippen LogP contribution in [0.2, 0.25) is 0 Å². The van der Waals surface area contributed by atoms with Crippen LogP contribution in [0.5, 0.6) is 5.75 Å². The van der Waals surface area contributed by atoms with Gasteiger partial charge in [0.05, 0.1) is 31.1 Å². The third-order valence-corrected chi connectivity index (χ3v) is 6.75. The van der Waals surface area contributed by atoms with Crippen molar-refractivity contribution < 1.29 is 13.9 Å². The van der Waals surface area contributed by atoms with Gasteiger partial charge >= 0.3 is 0 Å². The molecule has 0 bridgehead atoms. The maximum atomic E-state index is 13.2. The molecule has 0 aliphatic rings.